The van der Waals surface area contributed by atoms with Crippen molar-refractivity contribution >= 4 is 28.8 Å². The van der Waals surface area contributed by atoms with E-state index in [4.69, 9.17) is 5.73 Å². The first-order valence-electron chi connectivity index (χ1n) is 6.94. The largest absolute Gasteiger partial charge is 0.374 e. The zero-order valence-electron chi connectivity index (χ0n) is 12.1. The number of hydrogen-bond acceptors (Lipinski definition) is 4. The summed E-state index contributed by atoms with van der Waals surface area (Å²) in [6.07, 6.45) is 1.09. The normalized spacial score (nSPS) is 10.8. The van der Waals surface area contributed by atoms with Gasteiger partial charge in [0.25, 0.3) is 0 Å². The molecule has 2 nitrogen and oxygen atoms in total. The first-order chi connectivity index (χ1) is 9.76. The Labute approximate surface area is 130 Å². The number of nitrogens with two attached hydrogens (primary N) is 1. The van der Waals surface area contributed by atoms with Crippen LogP contribution < -0.4 is 10.6 Å². The van der Waals surface area contributed by atoms with Gasteiger partial charge >= 0.3 is 0 Å². The van der Waals surface area contributed by atoms with Crippen LogP contribution >= 0.6 is 23.1 Å². The van der Waals surface area contributed by atoms with E-state index in [1.54, 1.807) is 0 Å². The van der Waals surface area contributed by atoms with Crippen LogP contribution in [-0.4, -0.2) is 19.3 Å². The van der Waals surface area contributed by atoms with Gasteiger partial charge in [0.1, 0.15) is 0 Å². The molecule has 0 fully saturated rings. The molecule has 0 spiro atoms. The fourth-order valence-corrected chi connectivity index (χ4v) is 3.81. The number of hydrogen-bond donors (Lipinski definition) is 1. The fraction of sp³-hybridized carbons (Fsp3) is 0.375. The maximum absolute atomic E-state index is 5.97. The first-order valence-corrected chi connectivity index (χ1v) is 8.81. The smallest absolute Gasteiger partial charge is 0.0420 e. The molecule has 1 aromatic carbocycles. The topological polar surface area (TPSA) is 29.3 Å². The maximum Gasteiger partial charge on any atom is 0.0420 e. The molecule has 0 radical (unpaired) electrons. The van der Waals surface area contributed by atoms with E-state index in [0.29, 0.717) is 6.54 Å². The number of thiophene rings is 1. The Morgan fingerprint density at radius 2 is 2.10 bits per heavy atom. The number of likely N-dealkylation sites (N-methyl/N-ethyl adjacent to an activating group) is 1. The van der Waals surface area contributed by atoms with Crippen molar-refractivity contribution in [2.24, 2.45) is 5.73 Å². The second kappa shape index (κ2) is 7.72. The van der Waals surface area contributed by atoms with Crippen molar-refractivity contribution in [1.82, 2.24) is 0 Å². The first kappa shape index (κ1) is 15.4. The van der Waals surface area contributed by atoms with E-state index in [1.807, 2.05) is 23.1 Å². The molecule has 2 rings (SSSR count). The Morgan fingerprint density at radius 3 is 2.75 bits per heavy atom. The lowest BCUT2D eigenvalue weighted by Gasteiger charge is -2.23. The Balaban J connectivity index is 2.11. The van der Waals surface area contributed by atoms with Crippen molar-refractivity contribution in [2.75, 3.05) is 24.2 Å². The van der Waals surface area contributed by atoms with Crippen LogP contribution in [0.1, 0.15) is 17.4 Å². The van der Waals surface area contributed by atoms with Crippen molar-refractivity contribution in [3.8, 4) is 0 Å². The lowest BCUT2D eigenvalue weighted by atomic mass is 10.1. The average molecular weight is 307 g/mol. The van der Waals surface area contributed by atoms with Crippen LogP contribution in [0.15, 0.2) is 40.6 Å². The highest BCUT2D eigenvalue weighted by molar-refractivity contribution is 7.99. The van der Waals surface area contributed by atoms with E-state index in [-0.39, 0.29) is 0 Å². The summed E-state index contributed by atoms with van der Waals surface area (Å²) in [4.78, 5) is 5.07. The van der Waals surface area contributed by atoms with Gasteiger partial charge in [-0.15, -0.1) is 23.1 Å². The van der Waals surface area contributed by atoms with Gasteiger partial charge in [-0.25, -0.2) is 0 Å². The summed E-state index contributed by atoms with van der Waals surface area (Å²) in [7, 11) is 2.16. The molecule has 1 heterocycles. The van der Waals surface area contributed by atoms with Crippen molar-refractivity contribution in [3.63, 3.8) is 0 Å². The standard InChI is InChI=1S/C16H22N2S2/c1-3-19-16-8-4-7-15(14(16)12-17)18(2)10-9-13-6-5-11-20-13/h4-8,11H,3,9-10,12,17H2,1-2H3. The number of thioether (sulfide) groups is 1. The molecular formula is C16H22N2S2. The Morgan fingerprint density at radius 1 is 1.25 bits per heavy atom. The fourth-order valence-electron chi connectivity index (χ4n) is 2.26. The van der Waals surface area contributed by atoms with Gasteiger partial charge in [-0.2, -0.15) is 0 Å². The summed E-state index contributed by atoms with van der Waals surface area (Å²) in [5.41, 5.74) is 8.51. The molecule has 2 N–H and O–H groups in total. The Hall–Kier alpha value is -0.970. The predicted molar refractivity (Wildman–Crippen MR) is 92.0 cm³/mol. The van der Waals surface area contributed by atoms with Crippen LogP contribution in [0, 0.1) is 0 Å². The summed E-state index contributed by atoms with van der Waals surface area (Å²) in [6, 6.07) is 10.8. The zero-order chi connectivity index (χ0) is 14.4. The molecule has 2 aromatic rings. The monoisotopic (exact) mass is 306 g/mol. The van der Waals surface area contributed by atoms with E-state index in [2.05, 4.69) is 54.6 Å². The van der Waals surface area contributed by atoms with Gasteiger partial charge in [0.2, 0.25) is 0 Å². The van der Waals surface area contributed by atoms with Crippen molar-refractivity contribution in [3.05, 3.63) is 46.2 Å². The predicted octanol–water partition coefficient (Wildman–Crippen LogP) is 4.00. The molecule has 0 unspecified atom stereocenters. The number of benzene rings is 1. The van der Waals surface area contributed by atoms with Gasteiger partial charge in [-0.05, 0) is 35.8 Å². The van der Waals surface area contributed by atoms with Gasteiger partial charge in [0.05, 0.1) is 0 Å². The van der Waals surface area contributed by atoms with Gasteiger partial charge in [0, 0.05) is 41.2 Å². The van der Waals surface area contributed by atoms with Crippen molar-refractivity contribution < 1.29 is 0 Å². The van der Waals surface area contributed by atoms with Gasteiger partial charge in [-0.1, -0.05) is 19.1 Å². The number of nitrogens with zero attached hydrogens (tertiary/aromatic N) is 1. The second-order valence-corrected chi connectivity index (χ2v) is 6.98. The highest BCUT2D eigenvalue weighted by Crippen LogP contribution is 2.30. The van der Waals surface area contributed by atoms with E-state index < -0.39 is 0 Å². The summed E-state index contributed by atoms with van der Waals surface area (Å²) in [6.45, 7) is 3.80. The van der Waals surface area contributed by atoms with Crippen LogP contribution in [0.5, 0.6) is 0 Å². The zero-order valence-corrected chi connectivity index (χ0v) is 13.8. The molecule has 108 valence electrons. The molecule has 0 amide bonds. The highest BCUT2D eigenvalue weighted by Gasteiger charge is 2.11. The van der Waals surface area contributed by atoms with Crippen LogP contribution in [0.4, 0.5) is 5.69 Å². The molecule has 0 bridgehead atoms. The Kier molecular flexibility index (Phi) is 5.95. The van der Waals surface area contributed by atoms with Gasteiger partial charge in [0.15, 0.2) is 0 Å². The van der Waals surface area contributed by atoms with Gasteiger partial charge < -0.3 is 10.6 Å². The minimum Gasteiger partial charge on any atom is -0.374 e. The van der Waals surface area contributed by atoms with Crippen LogP contribution in [0.2, 0.25) is 0 Å². The molecule has 0 aliphatic carbocycles. The van der Waals surface area contributed by atoms with Gasteiger partial charge in [-0.3, -0.25) is 0 Å². The van der Waals surface area contributed by atoms with Crippen molar-refractivity contribution in [2.45, 2.75) is 24.8 Å². The van der Waals surface area contributed by atoms with E-state index >= 15 is 0 Å². The SMILES string of the molecule is CCSc1cccc(N(C)CCc2cccs2)c1CN. The lowest BCUT2D eigenvalue weighted by molar-refractivity contribution is 0.868. The van der Waals surface area contributed by atoms with E-state index in [1.165, 1.54) is 21.0 Å². The lowest BCUT2D eigenvalue weighted by Crippen LogP contribution is -2.22. The average Bonchev–Trinajstić information content (AvgIpc) is 2.98. The summed E-state index contributed by atoms with van der Waals surface area (Å²) >= 11 is 3.70. The molecule has 1 aromatic heterocycles. The summed E-state index contributed by atoms with van der Waals surface area (Å²) in [5.74, 6) is 1.08. The third kappa shape index (κ3) is 3.78. The molecular weight excluding hydrogens is 284 g/mol. The third-order valence-corrected chi connectivity index (χ3v) is 5.22. The Bertz CT molecular complexity index is 523. The molecule has 0 saturated carbocycles. The minimum absolute atomic E-state index is 0.599. The summed E-state index contributed by atoms with van der Waals surface area (Å²) in [5, 5.41) is 2.14. The quantitative estimate of drug-likeness (QED) is 0.784. The van der Waals surface area contributed by atoms with E-state index in [0.717, 1.165) is 18.7 Å². The van der Waals surface area contributed by atoms with E-state index in [9.17, 15) is 0 Å². The number of anilines is 1. The number of rotatable bonds is 7. The van der Waals surface area contributed by atoms with Crippen LogP contribution in [0.25, 0.3) is 0 Å². The molecule has 0 aliphatic rings. The third-order valence-electron chi connectivity index (χ3n) is 3.30. The highest BCUT2D eigenvalue weighted by atomic mass is 32.2. The maximum atomic E-state index is 5.97. The second-order valence-electron chi connectivity index (χ2n) is 4.64. The molecule has 0 atom stereocenters. The molecule has 4 heteroatoms. The minimum atomic E-state index is 0.599. The van der Waals surface area contributed by atoms with Crippen LogP contribution in [0.3, 0.4) is 0 Å². The summed E-state index contributed by atoms with van der Waals surface area (Å²) < 4.78 is 0. The molecule has 20 heavy (non-hydrogen) atoms. The van der Waals surface area contributed by atoms with Crippen LogP contribution in [-0.2, 0) is 13.0 Å². The molecule has 0 aliphatic heterocycles. The van der Waals surface area contributed by atoms with Crippen molar-refractivity contribution in [1.29, 1.82) is 0 Å². The molecule has 0 saturated heterocycles.